The number of amides is 3. The first kappa shape index (κ1) is 43.6. The molecule has 1 unspecified atom stereocenters. The number of phenols is 1. The lowest BCUT2D eigenvalue weighted by atomic mass is 9.84. The second-order valence-corrected chi connectivity index (χ2v) is 17.5. The summed E-state index contributed by atoms with van der Waals surface area (Å²) >= 11 is 0. The van der Waals surface area contributed by atoms with Gasteiger partial charge in [-0.3, -0.25) is 29.3 Å². The van der Waals surface area contributed by atoms with Gasteiger partial charge in [-0.2, -0.15) is 0 Å². The number of nitrogens with one attached hydrogen (secondary N) is 2. The van der Waals surface area contributed by atoms with Gasteiger partial charge in [-0.05, 0) is 90.8 Å². The molecule has 3 aliphatic rings. The number of fused-ring (bicyclic) bond motifs is 6. The third kappa shape index (κ3) is 9.38. The number of nitrogens with zero attached hydrogens (tertiary/aromatic N) is 4. The number of likely N-dealkylation sites (N-methyl/N-ethyl adjacent to an activating group) is 1. The second-order valence-electron chi connectivity index (χ2n) is 17.5. The molecule has 0 radical (unpaired) electrons. The van der Waals surface area contributed by atoms with Gasteiger partial charge in [0.25, 0.3) is 5.91 Å². The average Bonchev–Trinajstić information content (AvgIpc) is 3.51. The third-order valence-electron chi connectivity index (χ3n) is 11.8. The lowest BCUT2D eigenvalue weighted by Crippen LogP contribution is -2.62. The molecular formula is C46H58N6O9. The fourth-order valence-corrected chi connectivity index (χ4v) is 8.72. The molecule has 2 aromatic carbocycles. The fraction of sp³-hybridized carbons (Fsp3) is 0.500. The standard InChI is InChI=1S/C46H58N6O9/c1-8-51-39-14-13-29-21-34(39)35(41(51)33-11-9-15-47-38(33)25-58-7)22-46(4,5)26-60-44(56)36-12-10-16-52(49-36)43(55)37(19-28-17-30(29)20-31(53)18-28)48-42(54)40(27(2)3)50(6)45(57)61-32-23-59-24-32/h9,11,13-15,17-18,20-21,27,32,36-37,40,49,53H,8,10,12,16,19,22-26H2,1-7H3,(H,48,54)/t36-,37-,40?/m0/s1. The van der Waals surface area contributed by atoms with Crippen molar-refractivity contribution in [2.75, 3.05) is 40.5 Å². The highest BCUT2D eigenvalue weighted by molar-refractivity contribution is 5.96. The monoisotopic (exact) mass is 838 g/mol. The van der Waals surface area contributed by atoms with Crippen LogP contribution >= 0.6 is 0 Å². The van der Waals surface area contributed by atoms with E-state index in [4.69, 9.17) is 23.9 Å². The summed E-state index contributed by atoms with van der Waals surface area (Å²) < 4.78 is 24.6. The van der Waals surface area contributed by atoms with Crippen molar-refractivity contribution in [1.29, 1.82) is 0 Å². The van der Waals surface area contributed by atoms with Crippen LogP contribution in [-0.2, 0) is 59.3 Å². The van der Waals surface area contributed by atoms with Crippen LogP contribution in [0.15, 0.2) is 54.7 Å². The molecule has 3 N–H and O–H groups in total. The van der Waals surface area contributed by atoms with E-state index in [1.165, 1.54) is 17.0 Å². The molecule has 7 rings (SSSR count). The summed E-state index contributed by atoms with van der Waals surface area (Å²) in [4.78, 5) is 61.7. The lowest BCUT2D eigenvalue weighted by Gasteiger charge is -2.37. The van der Waals surface area contributed by atoms with Crippen LogP contribution in [0.25, 0.3) is 33.3 Å². The van der Waals surface area contributed by atoms with Crippen molar-refractivity contribution >= 4 is 34.8 Å². The Kier molecular flexibility index (Phi) is 13.0. The summed E-state index contributed by atoms with van der Waals surface area (Å²) in [5.41, 5.74) is 9.58. The van der Waals surface area contributed by atoms with Gasteiger partial charge in [0.15, 0.2) is 6.10 Å². The predicted octanol–water partition coefficient (Wildman–Crippen LogP) is 5.38. The van der Waals surface area contributed by atoms with Crippen LogP contribution in [0.1, 0.15) is 64.3 Å². The van der Waals surface area contributed by atoms with E-state index in [9.17, 15) is 24.3 Å². The van der Waals surface area contributed by atoms with Gasteiger partial charge >= 0.3 is 12.1 Å². The van der Waals surface area contributed by atoms with Crippen LogP contribution in [0.2, 0.25) is 0 Å². The number of hydrazine groups is 1. The average molecular weight is 839 g/mol. The number of esters is 1. The Morgan fingerprint density at radius 3 is 2.61 bits per heavy atom. The van der Waals surface area contributed by atoms with Crippen LogP contribution in [0.4, 0.5) is 4.79 Å². The maximum absolute atomic E-state index is 14.6. The number of hydrogen-bond donors (Lipinski definition) is 3. The normalized spacial score (nSPS) is 20.1. The van der Waals surface area contributed by atoms with Gasteiger partial charge in [0, 0.05) is 61.7 Å². The maximum Gasteiger partial charge on any atom is 0.410 e. The summed E-state index contributed by atoms with van der Waals surface area (Å²) in [5, 5.41) is 16.6. The highest BCUT2D eigenvalue weighted by Crippen LogP contribution is 2.41. The predicted molar refractivity (Wildman–Crippen MR) is 228 cm³/mol. The molecule has 5 heterocycles. The van der Waals surface area contributed by atoms with Crippen LogP contribution < -0.4 is 10.7 Å². The molecule has 2 fully saturated rings. The van der Waals surface area contributed by atoms with Crippen molar-refractivity contribution in [2.24, 2.45) is 11.3 Å². The zero-order valence-electron chi connectivity index (χ0n) is 36.2. The smallest absolute Gasteiger partial charge is 0.410 e. The molecule has 15 nitrogen and oxygen atoms in total. The summed E-state index contributed by atoms with van der Waals surface area (Å²) in [5.74, 6) is -1.85. The van der Waals surface area contributed by atoms with Gasteiger partial charge in [-0.1, -0.05) is 39.8 Å². The van der Waals surface area contributed by atoms with Gasteiger partial charge in [-0.15, -0.1) is 0 Å². The zero-order valence-corrected chi connectivity index (χ0v) is 36.2. The van der Waals surface area contributed by atoms with Gasteiger partial charge < -0.3 is 33.9 Å². The number of phenolic OH excluding ortho intramolecular Hbond substituents is 1. The minimum Gasteiger partial charge on any atom is -0.508 e. The molecule has 4 aromatic rings. The molecule has 6 bridgehead atoms. The Bertz CT molecular complexity index is 2280. The van der Waals surface area contributed by atoms with Crippen LogP contribution in [0.3, 0.4) is 0 Å². The van der Waals surface area contributed by atoms with Crippen molar-refractivity contribution in [2.45, 2.75) is 97.7 Å². The Morgan fingerprint density at radius 1 is 1.11 bits per heavy atom. The molecular weight excluding hydrogens is 781 g/mol. The first-order valence-corrected chi connectivity index (χ1v) is 21.1. The number of aromatic hydroxyl groups is 1. The molecule has 0 spiro atoms. The van der Waals surface area contributed by atoms with E-state index in [0.717, 1.165) is 44.5 Å². The SMILES string of the molecule is CCn1c(-c2cccnc2COC)c2c3cc(ccc31)-c1cc(O)cc(c1)C[C@H](NC(=O)C(C(C)C)N(C)C(=O)OC1COC1)C(=O)N1CCC[C@H](N1)C(=O)OCC(C)(C)C2. The van der Waals surface area contributed by atoms with E-state index in [2.05, 4.69) is 54.3 Å². The highest BCUT2D eigenvalue weighted by atomic mass is 16.6. The van der Waals surface area contributed by atoms with E-state index in [-0.39, 0.29) is 37.3 Å². The fourth-order valence-electron chi connectivity index (χ4n) is 8.72. The molecule has 326 valence electrons. The number of methoxy groups -OCH3 is 1. The second kappa shape index (κ2) is 18.2. The number of carbonyl (C=O) groups is 4. The topological polar surface area (TPSA) is 174 Å². The van der Waals surface area contributed by atoms with E-state index in [0.29, 0.717) is 51.2 Å². The highest BCUT2D eigenvalue weighted by Gasteiger charge is 2.39. The quantitative estimate of drug-likeness (QED) is 0.185. The number of rotatable bonds is 9. The Balaban J connectivity index is 1.33. The molecule has 0 aliphatic carbocycles. The largest absolute Gasteiger partial charge is 0.508 e. The molecule has 3 amide bonds. The number of cyclic esters (lactones) is 1. The number of aromatic nitrogens is 2. The number of ether oxygens (including phenoxy) is 4. The summed E-state index contributed by atoms with van der Waals surface area (Å²) in [7, 11) is 3.15. The van der Waals surface area contributed by atoms with Crippen LogP contribution in [0.5, 0.6) is 5.75 Å². The lowest BCUT2D eigenvalue weighted by molar-refractivity contribution is -0.155. The number of pyridine rings is 1. The van der Waals surface area contributed by atoms with E-state index >= 15 is 0 Å². The Morgan fingerprint density at radius 2 is 1.90 bits per heavy atom. The van der Waals surface area contributed by atoms with Crippen molar-refractivity contribution in [1.82, 2.24) is 30.2 Å². The number of benzene rings is 2. The van der Waals surface area contributed by atoms with E-state index in [1.54, 1.807) is 25.4 Å². The summed E-state index contributed by atoms with van der Waals surface area (Å²) in [6.07, 6.45) is 2.22. The number of aryl methyl sites for hydroxylation is 1. The van der Waals surface area contributed by atoms with Gasteiger partial charge in [0.05, 0.1) is 37.8 Å². The summed E-state index contributed by atoms with van der Waals surface area (Å²) in [6, 6.07) is 12.5. The van der Waals surface area contributed by atoms with Gasteiger partial charge in [-0.25, -0.2) is 10.2 Å². The number of carbonyl (C=O) groups excluding carboxylic acids is 4. The van der Waals surface area contributed by atoms with E-state index < -0.39 is 47.4 Å². The molecule has 3 atom stereocenters. The van der Waals surface area contributed by atoms with Gasteiger partial charge in [0.1, 0.15) is 23.9 Å². The summed E-state index contributed by atoms with van der Waals surface area (Å²) in [6.45, 7) is 11.9. The van der Waals surface area contributed by atoms with Gasteiger partial charge in [0.2, 0.25) is 5.91 Å². The van der Waals surface area contributed by atoms with Crippen molar-refractivity contribution < 1.29 is 43.2 Å². The minimum atomic E-state index is -1.15. The first-order valence-electron chi connectivity index (χ1n) is 21.1. The Hall–Kier alpha value is -5.51. The van der Waals surface area contributed by atoms with Crippen molar-refractivity contribution in [3.63, 3.8) is 0 Å². The minimum absolute atomic E-state index is 0.00101. The van der Waals surface area contributed by atoms with Crippen molar-refractivity contribution in [3.05, 3.63) is 71.5 Å². The van der Waals surface area contributed by atoms with Crippen molar-refractivity contribution in [3.8, 4) is 28.1 Å². The third-order valence-corrected chi connectivity index (χ3v) is 11.8. The molecule has 2 saturated heterocycles. The number of hydrogen-bond acceptors (Lipinski definition) is 11. The maximum atomic E-state index is 14.6. The van der Waals surface area contributed by atoms with Crippen LogP contribution in [-0.4, -0.2) is 113 Å². The molecule has 0 saturated carbocycles. The molecule has 61 heavy (non-hydrogen) atoms. The first-order chi connectivity index (χ1) is 29.2. The molecule has 15 heteroatoms. The van der Waals surface area contributed by atoms with Crippen LogP contribution in [0, 0.1) is 11.3 Å². The Labute approximate surface area is 356 Å². The molecule has 2 aromatic heterocycles. The zero-order chi connectivity index (χ0) is 43.6. The van der Waals surface area contributed by atoms with E-state index in [1.807, 2.05) is 32.0 Å². The molecule has 3 aliphatic heterocycles.